The van der Waals surface area contributed by atoms with Gasteiger partial charge >= 0.3 is 0 Å². The molecule has 0 aromatic heterocycles. The quantitative estimate of drug-likeness (QED) is 0.795. The first-order valence-corrected chi connectivity index (χ1v) is 7.56. The first-order chi connectivity index (χ1) is 8.15. The largest absolute Gasteiger partial charge is 0.315 e. The average Bonchev–Trinajstić information content (AvgIpc) is 2.53. The Labute approximate surface area is 107 Å². The molecule has 0 bridgehead atoms. The second kappa shape index (κ2) is 5.71. The number of nitrogens with zero attached hydrogens (tertiary/aromatic N) is 1. The maximum absolute atomic E-state index is 3.60. The Morgan fingerprint density at radius 3 is 2.18 bits per heavy atom. The van der Waals surface area contributed by atoms with Crippen molar-refractivity contribution in [3.63, 3.8) is 0 Å². The zero-order chi connectivity index (χ0) is 12.3. The lowest BCUT2D eigenvalue weighted by Crippen LogP contribution is -2.51. The molecule has 0 spiro atoms. The number of hydrogen-bond donors (Lipinski definition) is 1. The summed E-state index contributed by atoms with van der Waals surface area (Å²) >= 11 is 0. The van der Waals surface area contributed by atoms with Crippen LogP contribution in [0.25, 0.3) is 0 Å². The van der Waals surface area contributed by atoms with Gasteiger partial charge in [0.25, 0.3) is 0 Å². The van der Waals surface area contributed by atoms with Gasteiger partial charge in [-0.1, -0.05) is 33.1 Å². The summed E-state index contributed by atoms with van der Waals surface area (Å²) in [4.78, 5) is 2.79. The Balaban J connectivity index is 1.99. The lowest BCUT2D eigenvalue weighted by molar-refractivity contribution is 0.137. The second-order valence-electron chi connectivity index (χ2n) is 6.66. The number of likely N-dealkylation sites (tertiary alicyclic amines) is 1. The van der Waals surface area contributed by atoms with Crippen molar-refractivity contribution < 1.29 is 0 Å². The molecule has 1 N–H and O–H groups in total. The van der Waals surface area contributed by atoms with Crippen LogP contribution in [0.2, 0.25) is 0 Å². The van der Waals surface area contributed by atoms with E-state index < -0.39 is 0 Å². The van der Waals surface area contributed by atoms with Crippen LogP contribution in [0.5, 0.6) is 0 Å². The normalized spacial score (nSPS) is 35.5. The van der Waals surface area contributed by atoms with Gasteiger partial charge in [0.1, 0.15) is 0 Å². The van der Waals surface area contributed by atoms with E-state index in [-0.39, 0.29) is 0 Å². The van der Waals surface area contributed by atoms with Crippen molar-refractivity contribution in [2.24, 2.45) is 5.41 Å². The zero-order valence-corrected chi connectivity index (χ0v) is 12.0. The van der Waals surface area contributed by atoms with Gasteiger partial charge in [-0.3, -0.25) is 4.90 Å². The molecule has 1 heterocycles. The van der Waals surface area contributed by atoms with E-state index in [0.717, 1.165) is 6.04 Å². The van der Waals surface area contributed by atoms with Gasteiger partial charge in [-0.2, -0.15) is 0 Å². The zero-order valence-electron chi connectivity index (χ0n) is 12.0. The van der Waals surface area contributed by atoms with Gasteiger partial charge in [0.2, 0.25) is 0 Å². The summed E-state index contributed by atoms with van der Waals surface area (Å²) < 4.78 is 0. The number of hydrogen-bond acceptors (Lipinski definition) is 2. The van der Waals surface area contributed by atoms with Crippen molar-refractivity contribution in [3.8, 4) is 0 Å². The van der Waals surface area contributed by atoms with Gasteiger partial charge in [-0.15, -0.1) is 0 Å². The molecule has 2 fully saturated rings. The van der Waals surface area contributed by atoms with E-state index in [1.54, 1.807) is 0 Å². The fraction of sp³-hybridized carbons (Fsp3) is 1.00. The summed E-state index contributed by atoms with van der Waals surface area (Å²) in [7, 11) is 2.15. The molecular formula is C15H30N2. The van der Waals surface area contributed by atoms with Gasteiger partial charge < -0.3 is 5.32 Å². The van der Waals surface area contributed by atoms with Gasteiger partial charge in [0.15, 0.2) is 0 Å². The topological polar surface area (TPSA) is 15.3 Å². The van der Waals surface area contributed by atoms with Crippen LogP contribution in [-0.2, 0) is 0 Å². The van der Waals surface area contributed by atoms with E-state index in [2.05, 4.69) is 31.1 Å². The summed E-state index contributed by atoms with van der Waals surface area (Å²) in [6.45, 7) is 7.52. The Morgan fingerprint density at radius 2 is 1.59 bits per heavy atom. The Hall–Kier alpha value is -0.0800. The van der Waals surface area contributed by atoms with E-state index >= 15 is 0 Å². The van der Waals surface area contributed by atoms with Crippen LogP contribution in [0.1, 0.15) is 58.8 Å². The van der Waals surface area contributed by atoms with Crippen molar-refractivity contribution in [1.82, 2.24) is 10.2 Å². The van der Waals surface area contributed by atoms with Crippen LogP contribution < -0.4 is 5.32 Å². The van der Waals surface area contributed by atoms with E-state index in [4.69, 9.17) is 0 Å². The maximum Gasteiger partial charge on any atom is 0.0271 e. The molecule has 2 aliphatic rings. The monoisotopic (exact) mass is 238 g/mol. The van der Waals surface area contributed by atoms with Crippen molar-refractivity contribution in [2.45, 2.75) is 70.9 Å². The molecule has 100 valence electrons. The van der Waals surface area contributed by atoms with Crippen molar-refractivity contribution in [2.75, 3.05) is 20.1 Å². The molecule has 2 nitrogen and oxygen atoms in total. The SMILES string of the molecule is CNC1C(N2CCCCCCC2)CCC1(C)C. The predicted molar refractivity (Wildman–Crippen MR) is 74.3 cm³/mol. The van der Waals surface area contributed by atoms with E-state index in [1.807, 2.05) is 0 Å². The van der Waals surface area contributed by atoms with Crippen LogP contribution in [0, 0.1) is 5.41 Å². The number of nitrogens with one attached hydrogen (secondary N) is 1. The molecule has 0 amide bonds. The Morgan fingerprint density at radius 1 is 1.00 bits per heavy atom. The van der Waals surface area contributed by atoms with Crippen LogP contribution in [0.3, 0.4) is 0 Å². The maximum atomic E-state index is 3.60. The minimum Gasteiger partial charge on any atom is -0.315 e. The van der Waals surface area contributed by atoms with Gasteiger partial charge in [0, 0.05) is 12.1 Å². The minimum absolute atomic E-state index is 0.474. The van der Waals surface area contributed by atoms with Gasteiger partial charge in [0.05, 0.1) is 0 Å². The number of rotatable bonds is 2. The first-order valence-electron chi connectivity index (χ1n) is 7.56. The summed E-state index contributed by atoms with van der Waals surface area (Å²) in [5, 5.41) is 3.60. The van der Waals surface area contributed by atoms with Crippen LogP contribution in [0.4, 0.5) is 0 Å². The fourth-order valence-electron chi connectivity index (χ4n) is 3.94. The van der Waals surface area contributed by atoms with E-state index in [9.17, 15) is 0 Å². The van der Waals surface area contributed by atoms with E-state index in [0.29, 0.717) is 11.5 Å². The molecular weight excluding hydrogens is 208 g/mol. The molecule has 1 saturated heterocycles. The van der Waals surface area contributed by atoms with Gasteiger partial charge in [-0.05, 0) is 51.2 Å². The summed E-state index contributed by atoms with van der Waals surface area (Å²) in [6.07, 6.45) is 9.92. The molecule has 2 atom stereocenters. The highest BCUT2D eigenvalue weighted by Gasteiger charge is 2.43. The lowest BCUT2D eigenvalue weighted by Gasteiger charge is -2.38. The fourth-order valence-corrected chi connectivity index (χ4v) is 3.94. The third-order valence-electron chi connectivity index (χ3n) is 4.98. The molecule has 17 heavy (non-hydrogen) atoms. The molecule has 2 rings (SSSR count). The van der Waals surface area contributed by atoms with E-state index in [1.165, 1.54) is 58.0 Å². The molecule has 2 unspecified atom stereocenters. The summed E-state index contributed by atoms with van der Waals surface area (Å²) in [6, 6.07) is 1.47. The summed E-state index contributed by atoms with van der Waals surface area (Å²) in [5.74, 6) is 0. The third kappa shape index (κ3) is 3.03. The molecule has 1 aliphatic carbocycles. The molecule has 0 aromatic carbocycles. The lowest BCUT2D eigenvalue weighted by atomic mass is 9.86. The van der Waals surface area contributed by atoms with Crippen molar-refractivity contribution in [1.29, 1.82) is 0 Å². The minimum atomic E-state index is 0.474. The number of likely N-dealkylation sites (N-methyl/N-ethyl adjacent to an activating group) is 1. The molecule has 1 saturated carbocycles. The molecule has 2 heteroatoms. The van der Waals surface area contributed by atoms with Crippen LogP contribution >= 0.6 is 0 Å². The van der Waals surface area contributed by atoms with Crippen LogP contribution in [0.15, 0.2) is 0 Å². The highest BCUT2D eigenvalue weighted by molar-refractivity contribution is 5.00. The first kappa shape index (κ1) is 13.4. The average molecular weight is 238 g/mol. The molecule has 1 aliphatic heterocycles. The standard InChI is InChI=1S/C15H30N2/c1-15(2)10-9-13(14(15)16-3)17-11-7-5-4-6-8-12-17/h13-14,16H,4-12H2,1-3H3. The Bertz CT molecular complexity index is 229. The highest BCUT2D eigenvalue weighted by Crippen LogP contribution is 2.40. The molecule has 0 aromatic rings. The molecule has 0 radical (unpaired) electrons. The highest BCUT2D eigenvalue weighted by atomic mass is 15.2. The third-order valence-corrected chi connectivity index (χ3v) is 4.98. The predicted octanol–water partition coefficient (Wildman–Crippen LogP) is 3.03. The summed E-state index contributed by atoms with van der Waals surface area (Å²) in [5.41, 5.74) is 0.474. The smallest absolute Gasteiger partial charge is 0.0271 e. The van der Waals surface area contributed by atoms with Gasteiger partial charge in [-0.25, -0.2) is 0 Å². The Kier molecular flexibility index (Phi) is 4.48. The van der Waals surface area contributed by atoms with Crippen LogP contribution in [-0.4, -0.2) is 37.1 Å². The van der Waals surface area contributed by atoms with Crippen molar-refractivity contribution in [3.05, 3.63) is 0 Å². The second-order valence-corrected chi connectivity index (χ2v) is 6.66. The van der Waals surface area contributed by atoms with Crippen molar-refractivity contribution >= 4 is 0 Å².